The van der Waals surface area contributed by atoms with Crippen molar-refractivity contribution in [3.05, 3.63) is 176 Å². The molecule has 4 heteroatoms. The molecule has 55 heavy (non-hydrogen) atoms. The minimum atomic E-state index is 0.611. The van der Waals surface area contributed by atoms with Crippen molar-refractivity contribution in [2.75, 3.05) is 0 Å². The molecule has 1 aliphatic rings. The lowest BCUT2D eigenvalue weighted by Gasteiger charge is -2.11. The first-order chi connectivity index (χ1) is 27.2. The van der Waals surface area contributed by atoms with Gasteiger partial charge in [0.15, 0.2) is 17.5 Å². The highest BCUT2D eigenvalue weighted by Crippen LogP contribution is 2.52. The minimum Gasteiger partial charge on any atom is -0.456 e. The molecule has 0 aliphatic heterocycles. The molecule has 0 saturated carbocycles. The average Bonchev–Trinajstić information content (AvgIpc) is 3.79. The molecule has 254 valence electrons. The van der Waals surface area contributed by atoms with Crippen molar-refractivity contribution in [2.24, 2.45) is 0 Å². The Morgan fingerprint density at radius 2 is 0.945 bits per heavy atom. The van der Waals surface area contributed by atoms with Crippen molar-refractivity contribution in [1.29, 1.82) is 0 Å². The normalized spacial score (nSPS) is 12.0. The molecule has 2 aromatic heterocycles. The molecule has 0 atom stereocenters. The largest absolute Gasteiger partial charge is 0.456 e. The molecule has 11 aromatic rings. The van der Waals surface area contributed by atoms with E-state index in [1.807, 2.05) is 6.07 Å². The summed E-state index contributed by atoms with van der Waals surface area (Å²) in [5, 5.41) is 9.23. The third kappa shape index (κ3) is 4.62. The lowest BCUT2D eigenvalue weighted by atomic mass is 9.97. The second-order valence-electron chi connectivity index (χ2n) is 14.4. The zero-order valence-corrected chi connectivity index (χ0v) is 29.5. The maximum absolute atomic E-state index is 6.53. The van der Waals surface area contributed by atoms with Crippen molar-refractivity contribution in [3.8, 4) is 67.5 Å². The molecule has 12 rings (SSSR count). The van der Waals surface area contributed by atoms with E-state index >= 15 is 0 Å². The molecule has 1 aliphatic carbocycles. The number of aromatic nitrogens is 3. The first-order valence-electron chi connectivity index (χ1n) is 18.6. The lowest BCUT2D eigenvalue weighted by molar-refractivity contribution is 0.669. The van der Waals surface area contributed by atoms with E-state index < -0.39 is 0 Å². The van der Waals surface area contributed by atoms with Gasteiger partial charge in [0.25, 0.3) is 0 Å². The molecule has 9 aromatic carbocycles. The SMILES string of the molecule is c1ccc(-c2ccc3ccc(-c4nc(-c5ccc6oc7ccc8c(c7c6c5)-c5cccc6cccc-8c56)nc(-c5cccc6ccccc56)n4)cc3c2)cc1. The van der Waals surface area contributed by atoms with Crippen LogP contribution in [0.15, 0.2) is 180 Å². The van der Waals surface area contributed by atoms with Gasteiger partial charge in [-0.25, -0.2) is 15.0 Å². The predicted octanol–water partition coefficient (Wildman–Crippen LogP) is 13.5. The number of furan rings is 1. The van der Waals surface area contributed by atoms with E-state index in [0.29, 0.717) is 17.5 Å². The quantitative estimate of drug-likeness (QED) is 0.183. The summed E-state index contributed by atoms with van der Waals surface area (Å²) in [5.41, 5.74) is 11.8. The van der Waals surface area contributed by atoms with Crippen LogP contribution in [0.5, 0.6) is 0 Å². The van der Waals surface area contributed by atoms with Crippen LogP contribution < -0.4 is 0 Å². The summed E-state index contributed by atoms with van der Waals surface area (Å²) in [5.74, 6) is 1.87. The third-order valence-corrected chi connectivity index (χ3v) is 11.2. The Labute approximate surface area is 316 Å². The fourth-order valence-electron chi connectivity index (χ4n) is 8.66. The van der Waals surface area contributed by atoms with Crippen LogP contribution in [-0.2, 0) is 0 Å². The first kappa shape index (κ1) is 30.1. The van der Waals surface area contributed by atoms with Gasteiger partial charge in [-0.15, -0.1) is 0 Å². The average molecular weight is 700 g/mol. The van der Waals surface area contributed by atoms with Gasteiger partial charge in [-0.2, -0.15) is 0 Å². The molecule has 0 saturated heterocycles. The maximum Gasteiger partial charge on any atom is 0.164 e. The van der Waals surface area contributed by atoms with Crippen LogP contribution in [0.1, 0.15) is 0 Å². The first-order valence-corrected chi connectivity index (χ1v) is 18.6. The molecule has 0 bridgehead atoms. The summed E-state index contributed by atoms with van der Waals surface area (Å²) in [6.45, 7) is 0. The topological polar surface area (TPSA) is 51.8 Å². The molecule has 0 fully saturated rings. The Morgan fingerprint density at radius 3 is 1.80 bits per heavy atom. The minimum absolute atomic E-state index is 0.611. The van der Waals surface area contributed by atoms with Gasteiger partial charge in [0, 0.05) is 33.0 Å². The second-order valence-corrected chi connectivity index (χ2v) is 14.4. The van der Waals surface area contributed by atoms with Crippen LogP contribution >= 0.6 is 0 Å². The number of hydrogen-bond acceptors (Lipinski definition) is 4. The molecule has 0 N–H and O–H groups in total. The summed E-state index contributed by atoms with van der Waals surface area (Å²) in [4.78, 5) is 15.6. The summed E-state index contributed by atoms with van der Waals surface area (Å²) in [6.07, 6.45) is 0. The summed E-state index contributed by atoms with van der Waals surface area (Å²) in [7, 11) is 0. The van der Waals surface area contributed by atoms with Crippen LogP contribution in [0.25, 0.3) is 122 Å². The van der Waals surface area contributed by atoms with Gasteiger partial charge in [-0.05, 0) is 103 Å². The van der Waals surface area contributed by atoms with Gasteiger partial charge in [0.2, 0.25) is 0 Å². The Hall–Kier alpha value is -7.43. The van der Waals surface area contributed by atoms with Gasteiger partial charge in [0.05, 0.1) is 0 Å². The van der Waals surface area contributed by atoms with Crippen molar-refractivity contribution >= 4 is 54.3 Å². The summed E-state index contributed by atoms with van der Waals surface area (Å²) < 4.78 is 6.53. The van der Waals surface area contributed by atoms with Crippen molar-refractivity contribution in [2.45, 2.75) is 0 Å². The molecule has 0 radical (unpaired) electrons. The maximum atomic E-state index is 6.53. The van der Waals surface area contributed by atoms with Gasteiger partial charge >= 0.3 is 0 Å². The van der Waals surface area contributed by atoms with Crippen LogP contribution in [0.3, 0.4) is 0 Å². The third-order valence-electron chi connectivity index (χ3n) is 11.2. The van der Waals surface area contributed by atoms with Crippen molar-refractivity contribution in [3.63, 3.8) is 0 Å². The van der Waals surface area contributed by atoms with Crippen LogP contribution in [0.4, 0.5) is 0 Å². The standard InChI is InChI=1S/C51H29N3O/c1-2-9-30(10-3-1)34-21-19-31-20-22-35(28-37(31)27-34)49-52-50(54-51(53-49)41-17-6-12-32-11-4-5-15-38(32)41)36-23-25-44-43(29-36)48-45(55-44)26-24-40-39-16-7-13-33-14-8-18-42(46(33)39)47(40)48/h1-29H. The second kappa shape index (κ2) is 11.5. The number of nitrogens with zero attached hydrogens (tertiary/aromatic N) is 3. The Balaban J connectivity index is 1.08. The molecule has 4 nitrogen and oxygen atoms in total. The van der Waals surface area contributed by atoms with E-state index in [4.69, 9.17) is 19.4 Å². The number of rotatable bonds is 4. The zero-order valence-electron chi connectivity index (χ0n) is 29.5. The van der Waals surface area contributed by atoms with Crippen molar-refractivity contribution in [1.82, 2.24) is 15.0 Å². The molecule has 0 unspecified atom stereocenters. The monoisotopic (exact) mass is 699 g/mol. The molecular weight excluding hydrogens is 671 g/mol. The van der Waals surface area contributed by atoms with Gasteiger partial charge in [0.1, 0.15) is 11.2 Å². The van der Waals surface area contributed by atoms with E-state index in [1.165, 1.54) is 44.2 Å². The smallest absolute Gasteiger partial charge is 0.164 e. The Morgan fingerprint density at radius 1 is 0.309 bits per heavy atom. The molecule has 0 spiro atoms. The van der Waals surface area contributed by atoms with Gasteiger partial charge in [-0.1, -0.05) is 133 Å². The summed E-state index contributed by atoms with van der Waals surface area (Å²) in [6, 6.07) is 62.1. The van der Waals surface area contributed by atoms with E-state index in [1.54, 1.807) is 0 Å². The van der Waals surface area contributed by atoms with E-state index in [0.717, 1.165) is 60.2 Å². The highest BCUT2D eigenvalue weighted by atomic mass is 16.3. The van der Waals surface area contributed by atoms with E-state index in [-0.39, 0.29) is 0 Å². The number of fused-ring (bicyclic) bond motifs is 9. The van der Waals surface area contributed by atoms with Crippen LogP contribution in [0.2, 0.25) is 0 Å². The highest BCUT2D eigenvalue weighted by Gasteiger charge is 2.26. The highest BCUT2D eigenvalue weighted by molar-refractivity contribution is 6.25. The van der Waals surface area contributed by atoms with E-state index in [2.05, 4.69) is 170 Å². The van der Waals surface area contributed by atoms with E-state index in [9.17, 15) is 0 Å². The molecular formula is C51H29N3O. The van der Waals surface area contributed by atoms with Crippen LogP contribution in [-0.4, -0.2) is 15.0 Å². The fourth-order valence-corrected chi connectivity index (χ4v) is 8.66. The number of benzene rings is 9. The summed E-state index contributed by atoms with van der Waals surface area (Å²) >= 11 is 0. The van der Waals surface area contributed by atoms with Crippen LogP contribution in [0, 0.1) is 0 Å². The van der Waals surface area contributed by atoms with Gasteiger partial charge < -0.3 is 4.42 Å². The lowest BCUT2D eigenvalue weighted by Crippen LogP contribution is -2.00. The Kier molecular flexibility index (Phi) is 6.31. The molecule has 2 heterocycles. The van der Waals surface area contributed by atoms with Crippen molar-refractivity contribution < 1.29 is 4.42 Å². The van der Waals surface area contributed by atoms with Gasteiger partial charge in [-0.3, -0.25) is 0 Å². The molecule has 0 amide bonds. The zero-order chi connectivity index (χ0) is 36.0. The number of hydrogen-bond donors (Lipinski definition) is 0. The predicted molar refractivity (Wildman–Crippen MR) is 226 cm³/mol. The fraction of sp³-hybridized carbons (Fsp3) is 0. The Bertz CT molecular complexity index is 3370.